The van der Waals surface area contributed by atoms with Gasteiger partial charge in [0.1, 0.15) is 17.1 Å². The Balaban J connectivity index is 2.04. The van der Waals surface area contributed by atoms with E-state index < -0.39 is 10.0 Å². The molecule has 0 saturated carbocycles. The lowest BCUT2D eigenvalue weighted by atomic mass is 9.98. The van der Waals surface area contributed by atoms with E-state index in [1.807, 2.05) is 0 Å². The molecule has 3 aromatic carbocycles. The van der Waals surface area contributed by atoms with Crippen molar-refractivity contribution >= 4 is 32.6 Å². The van der Waals surface area contributed by atoms with Crippen molar-refractivity contribution in [3.05, 3.63) is 82.0 Å². The summed E-state index contributed by atoms with van der Waals surface area (Å²) < 4.78 is 29.1. The summed E-state index contributed by atoms with van der Waals surface area (Å²) in [6, 6.07) is 16.9. The number of halogens is 1. The summed E-state index contributed by atoms with van der Waals surface area (Å²) in [5.41, 5.74) is 1.20. The summed E-state index contributed by atoms with van der Waals surface area (Å²) in [7, 11) is -3.86. The molecule has 1 aromatic heterocycles. The molecule has 1 heterocycles. The number of fused-ring (bicyclic) bond motifs is 1. The third-order valence-corrected chi connectivity index (χ3v) is 5.73. The summed E-state index contributed by atoms with van der Waals surface area (Å²) in [4.78, 5) is 13.2. The lowest BCUT2D eigenvalue weighted by Crippen LogP contribution is -2.12. The van der Waals surface area contributed by atoms with Crippen LogP contribution in [0.25, 0.3) is 33.4 Å². The van der Waals surface area contributed by atoms with Crippen LogP contribution in [0.15, 0.2) is 80.8 Å². The highest BCUT2D eigenvalue weighted by molar-refractivity contribution is 7.89. The van der Waals surface area contributed by atoms with Crippen LogP contribution >= 0.6 is 11.6 Å². The Morgan fingerprint density at radius 1 is 0.931 bits per heavy atom. The topological polar surface area (TPSA) is 111 Å². The second-order valence-electron chi connectivity index (χ2n) is 6.37. The molecule has 0 atom stereocenters. The monoisotopic (exact) mass is 427 g/mol. The van der Waals surface area contributed by atoms with E-state index in [4.69, 9.17) is 21.2 Å². The van der Waals surface area contributed by atoms with Gasteiger partial charge in [-0.1, -0.05) is 29.8 Å². The van der Waals surface area contributed by atoms with E-state index in [1.165, 1.54) is 36.4 Å². The van der Waals surface area contributed by atoms with Gasteiger partial charge in [0.15, 0.2) is 0 Å². The highest BCUT2D eigenvalue weighted by atomic mass is 35.5. The minimum absolute atomic E-state index is 0.0601. The van der Waals surface area contributed by atoms with E-state index in [0.717, 1.165) is 0 Å². The van der Waals surface area contributed by atoms with Crippen LogP contribution in [0.3, 0.4) is 0 Å². The fourth-order valence-electron chi connectivity index (χ4n) is 3.07. The van der Waals surface area contributed by atoms with Crippen LogP contribution in [0, 0.1) is 0 Å². The van der Waals surface area contributed by atoms with Crippen molar-refractivity contribution in [2.24, 2.45) is 5.14 Å². The Morgan fingerprint density at radius 3 is 2.24 bits per heavy atom. The van der Waals surface area contributed by atoms with Crippen molar-refractivity contribution in [2.75, 3.05) is 0 Å². The van der Waals surface area contributed by atoms with E-state index in [1.54, 1.807) is 30.3 Å². The Kier molecular flexibility index (Phi) is 4.66. The molecular formula is C21H14ClNO5S. The summed E-state index contributed by atoms with van der Waals surface area (Å²) in [6.45, 7) is 0. The molecule has 0 unspecified atom stereocenters. The maximum absolute atomic E-state index is 13.3. The molecule has 6 nitrogen and oxygen atoms in total. The minimum atomic E-state index is -3.86. The molecule has 8 heteroatoms. The summed E-state index contributed by atoms with van der Waals surface area (Å²) in [5.74, 6) is 0.0589. The number of benzene rings is 3. The number of primary sulfonamides is 1. The molecule has 3 N–H and O–H groups in total. The van der Waals surface area contributed by atoms with Crippen LogP contribution in [0.1, 0.15) is 0 Å². The lowest BCUT2D eigenvalue weighted by Gasteiger charge is -2.11. The number of rotatable bonds is 3. The van der Waals surface area contributed by atoms with Gasteiger partial charge in [0.05, 0.1) is 20.9 Å². The summed E-state index contributed by atoms with van der Waals surface area (Å²) in [5, 5.41) is 15.7. The Hall–Kier alpha value is -3.13. The van der Waals surface area contributed by atoms with Gasteiger partial charge in [-0.15, -0.1) is 0 Å². The van der Waals surface area contributed by atoms with Gasteiger partial charge in [0.2, 0.25) is 15.5 Å². The number of hydrogen-bond donors (Lipinski definition) is 2. The molecule has 0 aliphatic heterocycles. The number of para-hydroxylation sites is 1. The molecule has 0 aliphatic carbocycles. The minimum Gasteiger partial charge on any atom is -0.506 e. The quantitative estimate of drug-likeness (QED) is 0.510. The molecule has 146 valence electrons. The normalized spacial score (nSPS) is 11.7. The fraction of sp³-hybridized carbons (Fsp3) is 0. The Bertz CT molecular complexity index is 1410. The van der Waals surface area contributed by atoms with Crippen LogP contribution in [-0.2, 0) is 10.0 Å². The van der Waals surface area contributed by atoms with E-state index >= 15 is 0 Å². The molecule has 0 radical (unpaired) electrons. The lowest BCUT2D eigenvalue weighted by molar-refractivity contribution is 0.476. The molecule has 0 spiro atoms. The molecule has 29 heavy (non-hydrogen) atoms. The number of aromatic hydroxyl groups is 1. The van der Waals surface area contributed by atoms with Gasteiger partial charge in [0, 0.05) is 5.56 Å². The zero-order valence-electron chi connectivity index (χ0n) is 14.8. The number of phenols is 1. The van der Waals surface area contributed by atoms with Gasteiger partial charge in [0.25, 0.3) is 0 Å². The first-order valence-corrected chi connectivity index (χ1v) is 10.4. The van der Waals surface area contributed by atoms with E-state index in [-0.39, 0.29) is 32.4 Å². The predicted molar refractivity (Wildman–Crippen MR) is 111 cm³/mol. The van der Waals surface area contributed by atoms with Crippen molar-refractivity contribution in [1.29, 1.82) is 0 Å². The fourth-order valence-corrected chi connectivity index (χ4v) is 3.70. The molecule has 0 fully saturated rings. The average Bonchev–Trinajstić information content (AvgIpc) is 2.70. The second kappa shape index (κ2) is 7.04. The van der Waals surface area contributed by atoms with Crippen molar-refractivity contribution in [1.82, 2.24) is 0 Å². The number of nitrogens with two attached hydrogens (primary N) is 1. The molecule has 4 aromatic rings. The third-order valence-electron chi connectivity index (χ3n) is 4.48. The number of sulfonamides is 1. The first-order chi connectivity index (χ1) is 13.8. The third kappa shape index (κ3) is 3.51. The van der Waals surface area contributed by atoms with Crippen molar-refractivity contribution in [3.8, 4) is 28.2 Å². The van der Waals surface area contributed by atoms with Crippen LogP contribution in [-0.4, -0.2) is 13.5 Å². The van der Waals surface area contributed by atoms with Crippen LogP contribution < -0.4 is 10.6 Å². The second-order valence-corrected chi connectivity index (χ2v) is 8.34. The highest BCUT2D eigenvalue weighted by Crippen LogP contribution is 2.36. The summed E-state index contributed by atoms with van der Waals surface area (Å²) >= 11 is 5.90. The summed E-state index contributed by atoms with van der Waals surface area (Å²) in [6.07, 6.45) is 0. The molecule has 4 rings (SSSR count). The first kappa shape index (κ1) is 19.2. The Morgan fingerprint density at radius 2 is 1.59 bits per heavy atom. The predicted octanol–water partition coefficient (Wildman–Crippen LogP) is 4.13. The van der Waals surface area contributed by atoms with Gasteiger partial charge in [-0.2, -0.15) is 0 Å². The van der Waals surface area contributed by atoms with Crippen molar-refractivity contribution in [2.45, 2.75) is 4.90 Å². The molecule has 0 saturated heterocycles. The van der Waals surface area contributed by atoms with Crippen LogP contribution in [0.4, 0.5) is 0 Å². The van der Waals surface area contributed by atoms with Crippen molar-refractivity contribution in [3.63, 3.8) is 0 Å². The molecule has 0 aliphatic rings. The molecule has 0 bridgehead atoms. The largest absolute Gasteiger partial charge is 0.506 e. The van der Waals surface area contributed by atoms with Gasteiger partial charge in [-0.05, 0) is 54.1 Å². The Labute approximate surface area is 170 Å². The van der Waals surface area contributed by atoms with Crippen LogP contribution in [0.2, 0.25) is 5.02 Å². The standard InChI is InChI=1S/C21H14ClNO5S/c22-16-10-7-13(11-17(16)24)19-20(25)15-3-1-2-4-18(15)28-21(19)12-5-8-14(9-6-12)29(23,26)27/h1-11,24H,(H2,23,26,27). The SMILES string of the molecule is NS(=O)(=O)c1ccc(-c2oc3ccccc3c(=O)c2-c2ccc(Cl)c(O)c2)cc1. The first-order valence-electron chi connectivity index (χ1n) is 8.43. The molecular weight excluding hydrogens is 414 g/mol. The van der Waals surface area contributed by atoms with Gasteiger partial charge >= 0.3 is 0 Å². The zero-order chi connectivity index (χ0) is 20.8. The van der Waals surface area contributed by atoms with Gasteiger partial charge in [-0.3, -0.25) is 4.79 Å². The molecule has 0 amide bonds. The van der Waals surface area contributed by atoms with Gasteiger partial charge < -0.3 is 9.52 Å². The maximum atomic E-state index is 13.3. The highest BCUT2D eigenvalue weighted by Gasteiger charge is 2.19. The number of hydrogen-bond acceptors (Lipinski definition) is 5. The van der Waals surface area contributed by atoms with Gasteiger partial charge in [-0.25, -0.2) is 13.6 Å². The van der Waals surface area contributed by atoms with Crippen molar-refractivity contribution < 1.29 is 17.9 Å². The zero-order valence-corrected chi connectivity index (χ0v) is 16.4. The van der Waals surface area contributed by atoms with E-state index in [9.17, 15) is 18.3 Å². The van der Waals surface area contributed by atoms with E-state index in [0.29, 0.717) is 22.1 Å². The van der Waals surface area contributed by atoms with E-state index in [2.05, 4.69) is 0 Å². The van der Waals surface area contributed by atoms with Crippen LogP contribution in [0.5, 0.6) is 5.75 Å². The smallest absolute Gasteiger partial charge is 0.238 e. The maximum Gasteiger partial charge on any atom is 0.238 e. The number of phenolic OH excluding ortho intramolecular Hbond substituents is 1. The average molecular weight is 428 g/mol.